The molecule has 1 aliphatic carbocycles. The molecule has 1 fully saturated rings. The topological polar surface area (TPSA) is 283 Å². The molecular weight excluding hydrogens is 1910 g/mol. The molecule has 0 unspecified atom stereocenters. The number of aliphatic imine (C=N–C) groups is 1. The average molecular weight is 1980 g/mol. The van der Waals surface area contributed by atoms with Crippen LogP contribution in [0.5, 0.6) is 58.1 Å². The zero-order chi connectivity index (χ0) is 100. The molecule has 2 aliphatic rings. The van der Waals surface area contributed by atoms with Crippen LogP contribution < -0.4 is 47.4 Å². The van der Waals surface area contributed by atoms with Gasteiger partial charge in [0, 0.05) is 56.2 Å². The summed E-state index contributed by atoms with van der Waals surface area (Å²) in [6.07, 6.45) is -3.40. The Bertz CT molecular complexity index is 7670. The molecule has 19 aromatic rings. The summed E-state index contributed by atoms with van der Waals surface area (Å²) in [5.74, 6) is 4.23. The van der Waals surface area contributed by atoms with Crippen LogP contribution >= 0.6 is 0 Å². The van der Waals surface area contributed by atoms with Crippen LogP contribution in [0.15, 0.2) is 312 Å². The van der Waals surface area contributed by atoms with Crippen molar-refractivity contribution in [3.63, 3.8) is 0 Å². The Morgan fingerprint density at radius 3 is 1.03 bits per heavy atom. The maximum absolute atomic E-state index is 12.3. The maximum atomic E-state index is 12.3. The first-order valence-electron chi connectivity index (χ1n) is 43.1. The van der Waals surface area contributed by atoms with Crippen molar-refractivity contribution in [1.29, 1.82) is 0 Å². The summed E-state index contributed by atoms with van der Waals surface area (Å²) in [6.45, 7) is 5.79. The van der Waals surface area contributed by atoms with E-state index in [1.165, 1.54) is 72.8 Å². The maximum Gasteiger partial charge on any atom is 0.573 e. The Morgan fingerprint density at radius 1 is 0.378 bits per heavy atom. The summed E-state index contributed by atoms with van der Waals surface area (Å²) in [6, 6.07) is 64.5. The third-order valence-electron chi connectivity index (χ3n) is 21.7. The molecule has 143 heavy (non-hydrogen) atoms. The molecule has 0 atom stereocenters. The number of ether oxygens (including phenoxy) is 10. The van der Waals surface area contributed by atoms with E-state index >= 15 is 0 Å². The van der Waals surface area contributed by atoms with E-state index in [1.54, 1.807) is 135 Å². The number of hydrogen-bond acceptors (Lipinski definition) is 24. The van der Waals surface area contributed by atoms with Crippen molar-refractivity contribution in [1.82, 2.24) is 44.7 Å². The number of rotatable bonds is 27. The number of alkyl halides is 15. The molecule has 1 saturated carbocycles. The van der Waals surface area contributed by atoms with Crippen LogP contribution in [0.4, 0.5) is 65.9 Å². The number of aryl methyl sites for hydroxylation is 2. The normalized spacial score (nSPS) is 12.8. The van der Waals surface area contributed by atoms with Gasteiger partial charge in [0.25, 0.3) is 29.4 Å². The van der Waals surface area contributed by atoms with E-state index in [4.69, 9.17) is 57.1 Å². The summed E-state index contributed by atoms with van der Waals surface area (Å²) in [5.41, 5.74) is 13.4. The molecule has 0 amide bonds. The molecule has 0 saturated heterocycles. The molecule has 0 radical (unpaired) electrons. The van der Waals surface area contributed by atoms with Crippen molar-refractivity contribution < 1.29 is 140 Å². The number of imidazole rings is 1. The van der Waals surface area contributed by atoms with Crippen molar-refractivity contribution in [2.75, 3.05) is 19.8 Å². The predicted molar refractivity (Wildman–Crippen MR) is 488 cm³/mol. The predicted octanol–water partition coefficient (Wildman–Crippen LogP) is 27.2. The molecule has 41 heteroatoms. The summed E-state index contributed by atoms with van der Waals surface area (Å²) >= 11 is 0. The van der Waals surface area contributed by atoms with Gasteiger partial charge in [-0.2, -0.15) is 0 Å². The number of benzene rings is 10. The summed E-state index contributed by atoms with van der Waals surface area (Å²) in [7, 11) is 0. The highest BCUT2D eigenvalue weighted by atomic mass is 19.4. The number of hydrogen-bond donors (Lipinski definition) is 0. The van der Waals surface area contributed by atoms with Crippen molar-refractivity contribution in [2.24, 2.45) is 10.4 Å². The fraction of sp³-hybridized carbons (Fsp3) is 0.176. The molecule has 26 nitrogen and oxygen atoms in total. The van der Waals surface area contributed by atoms with Gasteiger partial charge in [0.05, 0.1) is 51.5 Å². The van der Waals surface area contributed by atoms with E-state index in [1.807, 2.05) is 94.4 Å². The Balaban J connectivity index is 0.000000123. The van der Waals surface area contributed by atoms with Crippen LogP contribution in [0.25, 0.3) is 116 Å². The monoisotopic (exact) mass is 1980 g/mol. The Hall–Kier alpha value is -17.4. The first-order valence-corrected chi connectivity index (χ1v) is 43.1. The molecule has 1 aliphatic heterocycles. The molecule has 0 spiro atoms. The van der Waals surface area contributed by atoms with Crippen LogP contribution in [0.3, 0.4) is 0 Å². The minimum Gasteiger partial charge on any atom is -0.474 e. The Morgan fingerprint density at radius 2 is 0.713 bits per heavy atom. The number of oxazole rings is 1. The highest BCUT2D eigenvalue weighted by Gasteiger charge is 2.43. The average Bonchev–Trinajstić information content (AvgIpc) is 1.66. The highest BCUT2D eigenvalue weighted by Crippen LogP contribution is 2.49. The largest absolute Gasteiger partial charge is 0.573 e. The number of pyridine rings is 1. The van der Waals surface area contributed by atoms with E-state index in [0.29, 0.717) is 146 Å². The van der Waals surface area contributed by atoms with Crippen molar-refractivity contribution in [3.8, 4) is 126 Å². The molecule has 0 bridgehead atoms. The Labute approximate surface area is 797 Å². The van der Waals surface area contributed by atoms with Gasteiger partial charge >= 0.3 is 31.8 Å². The van der Waals surface area contributed by atoms with Gasteiger partial charge in [0.1, 0.15) is 72.3 Å². The second-order valence-electron chi connectivity index (χ2n) is 31.9. The molecule has 10 aromatic carbocycles. The van der Waals surface area contributed by atoms with Gasteiger partial charge in [-0.05, 0) is 247 Å². The zero-order valence-corrected chi connectivity index (χ0v) is 74.4. The SMILES string of the molecule is C#CCC1(COc2noc3ccc(-c4ccc(OC(F)(F)F)cc4)cc23)CC1.Cc1nc(COc2noc3ccc(-c4ccc(OC(F)(F)F)cc4)cc23)c(C)o1.FC(F)(F)Oc1ccc(-c2ccc3onc(OCC4=NC=CC4)c3c2)cc1.FC(F)(F)Oc1ccc(-c2ccc3onc(OCCn4cccc4)c3c2)cc1.FC(F)(F)Oc1ccc(-c2ccc3onc(OCc4cn5ccccc5n4)c3c2)cc1. The summed E-state index contributed by atoms with van der Waals surface area (Å²) in [5, 5.41) is 23.1. The van der Waals surface area contributed by atoms with Crippen molar-refractivity contribution in [2.45, 2.75) is 91.1 Å². The molecular formula is C102H73F15N10O16. The third-order valence-corrected chi connectivity index (χ3v) is 21.7. The van der Waals surface area contributed by atoms with Gasteiger partial charge < -0.3 is 83.4 Å². The number of allylic oxidation sites excluding steroid dienone is 1. The van der Waals surface area contributed by atoms with Gasteiger partial charge in [-0.15, -0.1) is 78.2 Å². The Kier molecular flexibility index (Phi) is 28.4. The second-order valence-corrected chi connectivity index (χ2v) is 31.9. The number of nitrogens with zero attached hydrogens (tertiary/aromatic N) is 10. The van der Waals surface area contributed by atoms with Gasteiger partial charge in [0.2, 0.25) is 0 Å². The van der Waals surface area contributed by atoms with Gasteiger partial charge in [0.15, 0.2) is 33.8 Å². The highest BCUT2D eigenvalue weighted by molar-refractivity contribution is 5.93. The molecule has 10 heterocycles. The van der Waals surface area contributed by atoms with Crippen molar-refractivity contribution >= 4 is 66.2 Å². The lowest BCUT2D eigenvalue weighted by Crippen LogP contribution is -2.16. The minimum absolute atomic E-state index is 0.0337. The fourth-order valence-corrected chi connectivity index (χ4v) is 14.7. The van der Waals surface area contributed by atoms with Crippen LogP contribution in [-0.2, 0) is 19.8 Å². The van der Waals surface area contributed by atoms with Gasteiger partial charge in [-0.25, -0.2) is 9.97 Å². The van der Waals surface area contributed by atoms with E-state index in [2.05, 4.69) is 70.3 Å². The molecule has 9 aromatic heterocycles. The van der Waals surface area contributed by atoms with Crippen LogP contribution in [0.1, 0.15) is 48.7 Å². The minimum atomic E-state index is -4.73. The quantitative estimate of drug-likeness (QED) is 0.0341. The smallest absolute Gasteiger partial charge is 0.474 e. The third kappa shape index (κ3) is 26.0. The lowest BCUT2D eigenvalue weighted by atomic mass is 10.0. The zero-order valence-electron chi connectivity index (χ0n) is 74.4. The lowest BCUT2D eigenvalue weighted by molar-refractivity contribution is -0.275. The lowest BCUT2D eigenvalue weighted by Gasteiger charge is -2.11. The van der Waals surface area contributed by atoms with Gasteiger partial charge in [-0.3, -0.25) is 4.99 Å². The van der Waals surface area contributed by atoms with Gasteiger partial charge in [-0.1, -0.05) is 103 Å². The summed E-state index contributed by atoms with van der Waals surface area (Å²) < 4.78 is 268. The summed E-state index contributed by atoms with van der Waals surface area (Å²) in [4.78, 5) is 12.9. The number of aromatic nitrogens is 9. The van der Waals surface area contributed by atoms with E-state index in [9.17, 15) is 65.9 Å². The second kappa shape index (κ2) is 41.8. The number of halogens is 15. The first kappa shape index (κ1) is 97.3. The molecule has 0 N–H and O–H groups in total. The number of terminal acetylenes is 1. The van der Waals surface area contributed by atoms with Crippen LogP contribution in [-0.4, -0.2) is 102 Å². The van der Waals surface area contributed by atoms with E-state index < -0.39 is 31.8 Å². The van der Waals surface area contributed by atoms with Crippen LogP contribution in [0, 0.1) is 31.6 Å². The standard InChI is InChI=1S/C22H14F3N3O3.C21H16F3NO3.C20H15F3N2O4.C20H15F3N2O3.C19H13F3N2O3/c23-22(24,25)30-17-7-4-14(5-8-17)15-6-9-19-18(11-15)21(27-31-19)29-13-16-12-28-10-2-1-3-20(28)26-16;1-2-9-20(10-11-20)13-26-19-17-12-15(5-8-18(17)28-25-19)14-3-6-16(7-4-14)27-21(22,23)24;1-11-17(24-12(2)27-11)10-26-19-16-9-14(5-8-18(16)29-25-19)13-3-6-15(7-4-13)28-20(21,22)23;21-20(22,23)27-16-6-3-14(4-7-16)15-5-8-18-17(13-15)19(24-28-18)26-12-11-25-9-1-2-10-25;20-19(21,22)26-15-6-3-12(4-7-15)13-5-8-17-16(10-13)18(24-27-17)25-11-14-2-1-9-23-14/h1-12H,13H2;1,3-8,12H,9-11,13H2;3-9H,10H2,1-2H3;1-10,13H,11-12H2;1,3-10H,2,11H2. The molecule has 732 valence electrons. The van der Waals surface area contributed by atoms with Crippen LogP contribution in [0.2, 0.25) is 0 Å². The fourth-order valence-electron chi connectivity index (χ4n) is 14.7. The molecule has 21 rings (SSSR count). The first-order chi connectivity index (χ1) is 68.6. The van der Waals surface area contributed by atoms with Crippen molar-refractivity contribution in [3.05, 3.63) is 303 Å². The van der Waals surface area contributed by atoms with E-state index in [-0.39, 0.29) is 47.4 Å². The number of fused-ring (bicyclic) bond motifs is 6. The van der Waals surface area contributed by atoms with E-state index in [0.717, 1.165) is 80.8 Å².